The average molecular weight is 642 g/mol. The van der Waals surface area contributed by atoms with Gasteiger partial charge in [0, 0.05) is 43.3 Å². The van der Waals surface area contributed by atoms with Crippen LogP contribution in [0.1, 0.15) is 63.0 Å². The Hall–Kier alpha value is -1.90. The molecule has 6 N–H and O–H groups in total. The molecule has 1 aromatic heterocycles. The lowest BCUT2D eigenvalue weighted by Gasteiger charge is -2.49. The number of rotatable bonds is 8. The van der Waals surface area contributed by atoms with E-state index in [2.05, 4.69) is 15.6 Å². The maximum Gasteiger partial charge on any atom is 0.241 e. The topological polar surface area (TPSA) is 133 Å². The lowest BCUT2D eigenvalue weighted by molar-refractivity contribution is -0.119. The van der Waals surface area contributed by atoms with Gasteiger partial charge in [-0.1, -0.05) is 17.7 Å². The van der Waals surface area contributed by atoms with Crippen molar-refractivity contribution < 1.29 is 27.4 Å². The van der Waals surface area contributed by atoms with E-state index in [-0.39, 0.29) is 40.7 Å². The van der Waals surface area contributed by atoms with Crippen molar-refractivity contribution in [3.05, 3.63) is 58.4 Å². The summed E-state index contributed by atoms with van der Waals surface area (Å²) >= 11 is 5.95. The van der Waals surface area contributed by atoms with E-state index >= 15 is 4.39 Å². The zero-order valence-corrected chi connectivity index (χ0v) is 26.1. The number of hydrogen-bond donors (Lipinski definition) is 5. The van der Waals surface area contributed by atoms with Gasteiger partial charge in [0.25, 0.3) is 0 Å². The molecule has 4 heterocycles. The van der Waals surface area contributed by atoms with Crippen LogP contribution >= 0.6 is 22.4 Å². The molecule has 3 fully saturated rings. The van der Waals surface area contributed by atoms with Crippen molar-refractivity contribution >= 4 is 34.0 Å². The molecule has 9 nitrogen and oxygen atoms in total. The molecule has 0 aliphatic carbocycles. The van der Waals surface area contributed by atoms with Gasteiger partial charge >= 0.3 is 0 Å². The van der Waals surface area contributed by atoms with Gasteiger partial charge in [-0.3, -0.25) is 18.9 Å². The quantitative estimate of drug-likeness (QED) is 0.262. The average Bonchev–Trinajstić information content (AvgIpc) is 3.06. The third-order valence-corrected chi connectivity index (χ3v) is 11.4. The monoisotopic (exact) mass is 641 g/mol. The summed E-state index contributed by atoms with van der Waals surface area (Å²) in [6.07, 6.45) is 6.03. The van der Waals surface area contributed by atoms with Gasteiger partial charge in [0.1, 0.15) is 11.6 Å². The van der Waals surface area contributed by atoms with E-state index in [1.54, 1.807) is 10.4 Å². The van der Waals surface area contributed by atoms with Gasteiger partial charge in [-0.25, -0.2) is 13.1 Å². The maximum absolute atomic E-state index is 15.2. The van der Waals surface area contributed by atoms with Crippen molar-refractivity contribution in [3.8, 4) is 0 Å². The summed E-state index contributed by atoms with van der Waals surface area (Å²) in [4.78, 5) is 17.7. The maximum atomic E-state index is 15.2. The van der Waals surface area contributed by atoms with Crippen LogP contribution in [0.4, 0.5) is 14.5 Å². The number of nitrogens with one attached hydrogen (secondary N) is 2. The third kappa shape index (κ3) is 7.50. The SMILES string of the molecule is CC1(C)CC([C@H](c2ccc(Cl)c(F)c2)[C@H](N)C(=O)Nc2cncc(F)c2CC[C@H]2CN[C@@H]3CCCS(O)(O)N2C3)CCO1. The fraction of sp³-hybridized carbons (Fsp3) is 0.600. The zero-order chi connectivity index (χ0) is 30.9. The van der Waals surface area contributed by atoms with Crippen molar-refractivity contribution in [2.75, 3.05) is 30.8 Å². The fourth-order valence-corrected chi connectivity index (χ4v) is 8.85. The van der Waals surface area contributed by atoms with Crippen LogP contribution in [0.3, 0.4) is 0 Å². The molecule has 5 rings (SSSR count). The van der Waals surface area contributed by atoms with Gasteiger partial charge in [0.05, 0.1) is 40.5 Å². The highest BCUT2D eigenvalue weighted by atomic mass is 35.5. The summed E-state index contributed by atoms with van der Waals surface area (Å²) in [5.41, 5.74) is 7.23. The van der Waals surface area contributed by atoms with Crippen molar-refractivity contribution in [2.45, 2.75) is 82.0 Å². The number of halogens is 3. The molecule has 1 amide bonds. The Morgan fingerprint density at radius 1 is 1.30 bits per heavy atom. The lowest BCUT2D eigenvalue weighted by Crippen LogP contribution is -2.55. The molecule has 6 atom stereocenters. The molecule has 3 saturated heterocycles. The van der Waals surface area contributed by atoms with E-state index in [9.17, 15) is 18.3 Å². The van der Waals surface area contributed by atoms with Crippen LogP contribution in [0.2, 0.25) is 5.02 Å². The fourth-order valence-electron chi connectivity index (χ4n) is 6.87. The molecule has 0 radical (unpaired) electrons. The second-order valence-electron chi connectivity index (χ2n) is 12.6. The first-order valence-electron chi connectivity index (χ1n) is 14.9. The number of nitrogens with zero attached hydrogens (tertiary/aromatic N) is 2. The minimum atomic E-state index is -2.90. The van der Waals surface area contributed by atoms with Crippen LogP contribution in [0.25, 0.3) is 0 Å². The number of carbonyl (C=O) groups excluding carboxylic acids is 1. The normalized spacial score (nSPS) is 28.7. The van der Waals surface area contributed by atoms with Crippen LogP contribution in [0, 0.1) is 17.6 Å². The molecule has 2 aromatic rings. The number of benzene rings is 1. The second kappa shape index (κ2) is 13.2. The molecule has 2 bridgehead atoms. The zero-order valence-electron chi connectivity index (χ0n) is 24.6. The molecule has 0 saturated carbocycles. The van der Waals surface area contributed by atoms with Gasteiger partial charge in [-0.2, -0.15) is 0 Å². The first-order chi connectivity index (χ1) is 20.3. The lowest BCUT2D eigenvalue weighted by atomic mass is 9.73. The summed E-state index contributed by atoms with van der Waals surface area (Å²) in [7, 11) is -2.90. The minimum Gasteiger partial charge on any atom is -0.376 e. The number of carbonyl (C=O) groups is 1. The van der Waals surface area contributed by atoms with Crippen LogP contribution in [0.5, 0.6) is 0 Å². The Labute approximate surface area is 258 Å². The third-order valence-electron chi connectivity index (χ3n) is 9.05. The van der Waals surface area contributed by atoms with Crippen molar-refractivity contribution in [2.24, 2.45) is 11.7 Å². The molecule has 238 valence electrons. The number of fused-ring (bicyclic) bond motifs is 2. The van der Waals surface area contributed by atoms with E-state index in [0.717, 1.165) is 19.0 Å². The van der Waals surface area contributed by atoms with Gasteiger partial charge < -0.3 is 21.1 Å². The van der Waals surface area contributed by atoms with Gasteiger partial charge in [-0.15, -0.1) is 10.8 Å². The smallest absolute Gasteiger partial charge is 0.241 e. The Kier molecular flexibility index (Phi) is 9.99. The van der Waals surface area contributed by atoms with Crippen LogP contribution in [0.15, 0.2) is 30.6 Å². The highest BCUT2D eigenvalue weighted by molar-refractivity contribution is 8.22. The Morgan fingerprint density at radius 2 is 2.09 bits per heavy atom. The van der Waals surface area contributed by atoms with E-state index in [0.29, 0.717) is 50.3 Å². The van der Waals surface area contributed by atoms with E-state index in [1.165, 1.54) is 18.3 Å². The molecule has 3 aliphatic rings. The van der Waals surface area contributed by atoms with E-state index in [4.69, 9.17) is 22.1 Å². The summed E-state index contributed by atoms with van der Waals surface area (Å²) in [5.74, 6) is -2.00. The van der Waals surface area contributed by atoms with Crippen LogP contribution in [-0.2, 0) is 16.0 Å². The highest BCUT2D eigenvalue weighted by Crippen LogP contribution is 2.49. The first kappa shape index (κ1) is 32.5. The summed E-state index contributed by atoms with van der Waals surface area (Å²) in [6, 6.07) is 3.39. The summed E-state index contributed by atoms with van der Waals surface area (Å²) < 4.78 is 59.0. The number of anilines is 1. The number of nitrogens with two attached hydrogens (primary N) is 1. The molecular weight excluding hydrogens is 600 g/mol. The highest BCUT2D eigenvalue weighted by Gasteiger charge is 2.40. The van der Waals surface area contributed by atoms with Gasteiger partial charge in [-0.05, 0) is 76.0 Å². The van der Waals surface area contributed by atoms with Crippen molar-refractivity contribution in [3.63, 3.8) is 0 Å². The Bertz CT molecular complexity index is 1320. The molecule has 43 heavy (non-hydrogen) atoms. The van der Waals surface area contributed by atoms with Crippen molar-refractivity contribution in [1.82, 2.24) is 14.6 Å². The van der Waals surface area contributed by atoms with Gasteiger partial charge in [0.15, 0.2) is 0 Å². The first-order valence-corrected chi connectivity index (χ1v) is 16.9. The minimum absolute atomic E-state index is 0.0200. The number of pyridine rings is 1. The van der Waals surface area contributed by atoms with Gasteiger partial charge in [0.2, 0.25) is 5.91 Å². The summed E-state index contributed by atoms with van der Waals surface area (Å²) in [6.45, 7) is 5.51. The van der Waals surface area contributed by atoms with E-state index in [1.807, 2.05) is 13.8 Å². The second-order valence-corrected chi connectivity index (χ2v) is 15.1. The molecule has 1 aromatic carbocycles. The molecular formula is C30H42ClF2N5O4S. The molecule has 3 aliphatic heterocycles. The number of aromatic nitrogens is 1. The predicted octanol–water partition coefficient (Wildman–Crippen LogP) is 5.30. The number of amides is 1. The number of hydrogen-bond acceptors (Lipinski definition) is 8. The van der Waals surface area contributed by atoms with E-state index < -0.39 is 45.9 Å². The predicted molar refractivity (Wildman–Crippen MR) is 165 cm³/mol. The van der Waals surface area contributed by atoms with Crippen LogP contribution < -0.4 is 16.4 Å². The van der Waals surface area contributed by atoms with Crippen LogP contribution in [-0.4, -0.2) is 73.5 Å². The number of piperazine rings is 1. The largest absolute Gasteiger partial charge is 0.376 e. The standard InChI is InChI=1S/C30H42ClF2N5O4S/c1-30(2)13-19(9-10-42-30)27(18-5-8-23(31)24(32)12-18)28(34)29(39)37-26-16-35-15-25(33)22(26)7-6-21-14-36-20-4-3-11-43(40,41)38(21)17-20/h5,8,12,15-16,19-21,27-28,36,40-41H,3-4,6-7,9-11,13-14,17,34H2,1-2H3,(H,37,39)/t19?,20-,21+,27+,28+/m1/s1. The molecule has 0 spiro atoms. The Balaban J connectivity index is 1.35. The summed E-state index contributed by atoms with van der Waals surface area (Å²) in [5, 5.41) is 6.26. The van der Waals surface area contributed by atoms with Crippen molar-refractivity contribution in [1.29, 1.82) is 0 Å². The Morgan fingerprint density at radius 3 is 2.84 bits per heavy atom. The molecule has 2 unspecified atom stereocenters. The number of ether oxygens (including phenoxy) is 1. The molecule has 13 heteroatoms.